The van der Waals surface area contributed by atoms with Gasteiger partial charge in [0.2, 0.25) is 0 Å². The molecule has 0 bridgehead atoms. The van der Waals surface area contributed by atoms with Crippen LogP contribution >= 0.6 is 11.8 Å². The standard InChI is InChI=1S/C19H32OS/c1-3-4-5-6-10-13-19(21-2)15-14-18(20)16-17-11-8-7-9-12-17/h7-9,11-12,18-20H,3-6,10,13-16H2,1-2H3. The first-order chi connectivity index (χ1) is 10.3. The van der Waals surface area contributed by atoms with Gasteiger partial charge < -0.3 is 5.11 Å². The fraction of sp³-hybridized carbons (Fsp3) is 0.684. The summed E-state index contributed by atoms with van der Waals surface area (Å²) in [4.78, 5) is 0. The van der Waals surface area contributed by atoms with Crippen molar-refractivity contribution in [3.63, 3.8) is 0 Å². The molecular formula is C19H32OS. The quantitative estimate of drug-likeness (QED) is 0.517. The highest BCUT2D eigenvalue weighted by Crippen LogP contribution is 2.22. The highest BCUT2D eigenvalue weighted by molar-refractivity contribution is 7.99. The van der Waals surface area contributed by atoms with Crippen LogP contribution in [0.15, 0.2) is 30.3 Å². The van der Waals surface area contributed by atoms with Gasteiger partial charge in [-0.25, -0.2) is 0 Å². The number of aliphatic hydroxyl groups excluding tert-OH is 1. The number of hydrogen-bond acceptors (Lipinski definition) is 2. The number of thioether (sulfide) groups is 1. The summed E-state index contributed by atoms with van der Waals surface area (Å²) in [6, 6.07) is 10.3. The van der Waals surface area contributed by atoms with E-state index in [0.717, 1.165) is 24.5 Å². The van der Waals surface area contributed by atoms with Gasteiger partial charge in [-0.2, -0.15) is 11.8 Å². The lowest BCUT2D eigenvalue weighted by Gasteiger charge is -2.17. The van der Waals surface area contributed by atoms with E-state index in [2.05, 4.69) is 25.3 Å². The summed E-state index contributed by atoms with van der Waals surface area (Å²) in [5.41, 5.74) is 1.24. The molecular weight excluding hydrogens is 276 g/mol. The van der Waals surface area contributed by atoms with Crippen LogP contribution in [0.4, 0.5) is 0 Å². The second kappa shape index (κ2) is 12.1. The molecule has 0 amide bonds. The third kappa shape index (κ3) is 9.21. The van der Waals surface area contributed by atoms with E-state index >= 15 is 0 Å². The maximum absolute atomic E-state index is 10.2. The SMILES string of the molecule is CCCCCCCC(CCC(O)Cc1ccccc1)SC. The minimum Gasteiger partial charge on any atom is -0.393 e. The summed E-state index contributed by atoms with van der Waals surface area (Å²) < 4.78 is 0. The topological polar surface area (TPSA) is 20.2 Å². The molecule has 0 aliphatic heterocycles. The molecule has 0 aromatic heterocycles. The summed E-state index contributed by atoms with van der Waals surface area (Å²) in [5, 5.41) is 10.9. The molecule has 2 unspecified atom stereocenters. The highest BCUT2D eigenvalue weighted by atomic mass is 32.2. The Morgan fingerprint density at radius 1 is 0.952 bits per heavy atom. The Morgan fingerprint density at radius 3 is 2.33 bits per heavy atom. The van der Waals surface area contributed by atoms with E-state index in [1.54, 1.807) is 0 Å². The van der Waals surface area contributed by atoms with Crippen LogP contribution in [0.2, 0.25) is 0 Å². The van der Waals surface area contributed by atoms with Crippen LogP contribution in [0.5, 0.6) is 0 Å². The van der Waals surface area contributed by atoms with Crippen molar-refractivity contribution in [2.75, 3.05) is 6.26 Å². The summed E-state index contributed by atoms with van der Waals surface area (Å²) in [6.07, 6.45) is 13.0. The fourth-order valence-electron chi connectivity index (χ4n) is 2.72. The molecule has 2 heteroatoms. The first-order valence-corrected chi connectivity index (χ1v) is 9.79. The predicted octanol–water partition coefficient (Wildman–Crippen LogP) is 5.46. The summed E-state index contributed by atoms with van der Waals surface area (Å²) in [5.74, 6) is 0. The lowest BCUT2D eigenvalue weighted by atomic mass is 10.0. The van der Waals surface area contributed by atoms with E-state index in [9.17, 15) is 5.11 Å². The molecule has 1 aromatic carbocycles. The molecule has 1 rings (SSSR count). The van der Waals surface area contributed by atoms with Crippen LogP contribution in [0.1, 0.15) is 63.9 Å². The van der Waals surface area contributed by atoms with Gasteiger partial charge in [0, 0.05) is 5.25 Å². The minimum atomic E-state index is -0.192. The first-order valence-electron chi connectivity index (χ1n) is 8.51. The molecule has 0 spiro atoms. The van der Waals surface area contributed by atoms with Crippen molar-refractivity contribution in [1.82, 2.24) is 0 Å². The molecule has 1 aromatic rings. The van der Waals surface area contributed by atoms with E-state index < -0.39 is 0 Å². The van der Waals surface area contributed by atoms with E-state index in [4.69, 9.17) is 0 Å². The summed E-state index contributed by atoms with van der Waals surface area (Å²) in [7, 11) is 0. The van der Waals surface area contributed by atoms with Gasteiger partial charge in [-0.3, -0.25) is 0 Å². The third-order valence-electron chi connectivity index (χ3n) is 4.10. The Bertz CT molecular complexity index is 339. The van der Waals surface area contributed by atoms with Gasteiger partial charge in [-0.15, -0.1) is 0 Å². The molecule has 21 heavy (non-hydrogen) atoms. The van der Waals surface area contributed by atoms with Gasteiger partial charge in [0.25, 0.3) is 0 Å². The number of benzene rings is 1. The Morgan fingerprint density at radius 2 is 1.67 bits per heavy atom. The van der Waals surface area contributed by atoms with E-state index in [1.807, 2.05) is 30.0 Å². The van der Waals surface area contributed by atoms with Crippen LogP contribution < -0.4 is 0 Å². The maximum Gasteiger partial charge on any atom is 0.0581 e. The molecule has 1 nitrogen and oxygen atoms in total. The normalized spacial score (nSPS) is 14.0. The van der Waals surface area contributed by atoms with Crippen LogP contribution in [0.3, 0.4) is 0 Å². The average Bonchev–Trinajstić information content (AvgIpc) is 2.51. The number of aliphatic hydroxyl groups is 1. The molecule has 0 heterocycles. The van der Waals surface area contributed by atoms with Crippen molar-refractivity contribution in [2.45, 2.75) is 76.1 Å². The van der Waals surface area contributed by atoms with Gasteiger partial charge in [-0.1, -0.05) is 69.4 Å². The highest BCUT2D eigenvalue weighted by Gasteiger charge is 2.11. The Kier molecular flexibility index (Phi) is 10.7. The molecule has 0 saturated carbocycles. The Hall–Kier alpha value is -0.470. The van der Waals surface area contributed by atoms with Gasteiger partial charge >= 0.3 is 0 Å². The Labute approximate surface area is 135 Å². The van der Waals surface area contributed by atoms with Gasteiger partial charge in [0.05, 0.1) is 6.10 Å². The second-order valence-corrected chi connectivity index (χ2v) is 7.12. The second-order valence-electron chi connectivity index (χ2n) is 5.98. The lowest BCUT2D eigenvalue weighted by molar-refractivity contribution is 0.161. The van der Waals surface area contributed by atoms with Crippen LogP contribution in [0, 0.1) is 0 Å². The number of hydrogen-bond donors (Lipinski definition) is 1. The molecule has 120 valence electrons. The molecule has 0 aliphatic rings. The number of unbranched alkanes of at least 4 members (excludes halogenated alkanes) is 4. The van der Waals surface area contributed by atoms with Gasteiger partial charge in [0.1, 0.15) is 0 Å². The Balaban J connectivity index is 2.15. The largest absolute Gasteiger partial charge is 0.393 e. The third-order valence-corrected chi connectivity index (χ3v) is 5.24. The van der Waals surface area contributed by atoms with Crippen LogP contribution in [0.25, 0.3) is 0 Å². The van der Waals surface area contributed by atoms with E-state index in [0.29, 0.717) is 0 Å². The zero-order chi connectivity index (χ0) is 15.3. The molecule has 0 radical (unpaired) electrons. The zero-order valence-electron chi connectivity index (χ0n) is 13.8. The van der Waals surface area contributed by atoms with Crippen molar-refractivity contribution < 1.29 is 5.11 Å². The fourth-order valence-corrected chi connectivity index (χ4v) is 3.50. The first kappa shape index (κ1) is 18.6. The lowest BCUT2D eigenvalue weighted by Crippen LogP contribution is -2.14. The van der Waals surface area contributed by atoms with Crippen molar-refractivity contribution in [2.24, 2.45) is 0 Å². The molecule has 0 fully saturated rings. The van der Waals surface area contributed by atoms with Gasteiger partial charge in [0.15, 0.2) is 0 Å². The zero-order valence-corrected chi connectivity index (χ0v) is 14.6. The van der Waals surface area contributed by atoms with E-state index in [-0.39, 0.29) is 6.10 Å². The summed E-state index contributed by atoms with van der Waals surface area (Å²) >= 11 is 1.97. The smallest absolute Gasteiger partial charge is 0.0581 e. The van der Waals surface area contributed by atoms with Crippen LogP contribution in [-0.2, 0) is 6.42 Å². The van der Waals surface area contributed by atoms with E-state index in [1.165, 1.54) is 44.1 Å². The molecule has 1 N–H and O–H groups in total. The predicted molar refractivity (Wildman–Crippen MR) is 96.1 cm³/mol. The van der Waals surface area contributed by atoms with Crippen molar-refractivity contribution in [3.8, 4) is 0 Å². The van der Waals surface area contributed by atoms with Crippen molar-refractivity contribution in [3.05, 3.63) is 35.9 Å². The van der Waals surface area contributed by atoms with Crippen molar-refractivity contribution in [1.29, 1.82) is 0 Å². The average molecular weight is 309 g/mol. The molecule has 0 saturated heterocycles. The minimum absolute atomic E-state index is 0.192. The van der Waals surface area contributed by atoms with Crippen molar-refractivity contribution >= 4 is 11.8 Å². The monoisotopic (exact) mass is 308 g/mol. The maximum atomic E-state index is 10.2. The summed E-state index contributed by atoms with van der Waals surface area (Å²) in [6.45, 7) is 2.26. The van der Waals surface area contributed by atoms with Gasteiger partial charge in [-0.05, 0) is 37.5 Å². The molecule has 0 aliphatic carbocycles. The number of rotatable bonds is 12. The van der Waals surface area contributed by atoms with Crippen LogP contribution in [-0.4, -0.2) is 22.7 Å². The molecule has 2 atom stereocenters.